The molecule has 2 aliphatic rings. The van der Waals surface area contributed by atoms with Gasteiger partial charge < -0.3 is 14.4 Å². The molecule has 0 bridgehead atoms. The quantitative estimate of drug-likeness (QED) is 0.761. The topological polar surface area (TPSA) is 85.3 Å². The number of rotatable bonds is 3. The third-order valence-electron chi connectivity index (χ3n) is 4.03. The molecule has 2 fully saturated rings. The van der Waals surface area contributed by atoms with Crippen LogP contribution in [0, 0.1) is 0 Å². The molecule has 2 saturated heterocycles. The number of carbonyl (C=O) groups is 1. The maximum atomic E-state index is 12.0. The molecule has 2 unspecified atom stereocenters. The van der Waals surface area contributed by atoms with Gasteiger partial charge in [0.25, 0.3) is 0 Å². The van der Waals surface area contributed by atoms with Gasteiger partial charge in [0, 0.05) is 18.2 Å². The van der Waals surface area contributed by atoms with Crippen molar-refractivity contribution in [3.63, 3.8) is 0 Å². The number of aliphatic imine (C=N–C) groups is 1. The molecule has 2 atom stereocenters. The molecule has 1 amide bonds. The van der Waals surface area contributed by atoms with E-state index in [2.05, 4.69) is 4.99 Å². The zero-order valence-electron chi connectivity index (χ0n) is 13.9. The maximum absolute atomic E-state index is 12.0. The summed E-state index contributed by atoms with van der Waals surface area (Å²) in [6, 6.07) is 2.94. The van der Waals surface area contributed by atoms with Crippen LogP contribution in [0.3, 0.4) is 0 Å². The normalized spacial score (nSPS) is 25.9. The molecule has 2 aliphatic heterocycles. The van der Waals surface area contributed by atoms with Crippen LogP contribution in [0.4, 0.5) is 5.69 Å². The van der Waals surface area contributed by atoms with Crippen LogP contribution in [0.1, 0.15) is 6.92 Å². The smallest absolute Gasteiger partial charge is 0.244 e. The zero-order valence-corrected chi connectivity index (χ0v) is 16.2. The Morgan fingerprint density at radius 3 is 2.56 bits per heavy atom. The molecule has 1 aromatic rings. The summed E-state index contributed by atoms with van der Waals surface area (Å²) in [4.78, 5) is 17.3. The second-order valence-electron chi connectivity index (χ2n) is 5.74. The van der Waals surface area contributed by atoms with E-state index >= 15 is 0 Å². The van der Waals surface area contributed by atoms with Crippen LogP contribution < -0.4 is 14.4 Å². The Balaban J connectivity index is 2.14. The predicted octanol–water partition coefficient (Wildman–Crippen LogP) is 1.98. The Morgan fingerprint density at radius 1 is 1.28 bits per heavy atom. The van der Waals surface area contributed by atoms with Crippen molar-refractivity contribution in [3.05, 3.63) is 17.2 Å². The van der Waals surface area contributed by atoms with Gasteiger partial charge in [-0.05, 0) is 6.07 Å². The molecule has 0 aromatic heterocycles. The molecular weight excluding hydrogens is 388 g/mol. The lowest BCUT2D eigenvalue weighted by molar-refractivity contribution is -0.115. The number of fused-ring (bicyclic) bond motifs is 1. The summed E-state index contributed by atoms with van der Waals surface area (Å²) in [5.41, 5.74) is 0.561. The van der Waals surface area contributed by atoms with E-state index < -0.39 is 9.84 Å². The van der Waals surface area contributed by atoms with Crippen molar-refractivity contribution in [1.29, 1.82) is 0 Å². The van der Waals surface area contributed by atoms with Gasteiger partial charge in [-0.1, -0.05) is 23.4 Å². The minimum atomic E-state index is -3.14. The first-order chi connectivity index (χ1) is 11.8. The van der Waals surface area contributed by atoms with Crippen LogP contribution in [0.15, 0.2) is 17.1 Å². The number of benzene rings is 1. The van der Waals surface area contributed by atoms with Gasteiger partial charge in [0.2, 0.25) is 5.91 Å². The molecular formula is C15H17ClN2O5S2. The summed E-state index contributed by atoms with van der Waals surface area (Å²) in [5.74, 6) is 0.600. The van der Waals surface area contributed by atoms with Crippen LogP contribution in [0.2, 0.25) is 5.02 Å². The van der Waals surface area contributed by atoms with E-state index in [1.54, 1.807) is 17.0 Å². The van der Waals surface area contributed by atoms with Gasteiger partial charge >= 0.3 is 0 Å². The van der Waals surface area contributed by atoms with E-state index in [-0.39, 0.29) is 28.7 Å². The molecule has 25 heavy (non-hydrogen) atoms. The maximum Gasteiger partial charge on any atom is 0.244 e. The van der Waals surface area contributed by atoms with Gasteiger partial charge in [0.15, 0.2) is 15.0 Å². The predicted molar refractivity (Wildman–Crippen MR) is 99.0 cm³/mol. The van der Waals surface area contributed by atoms with E-state index in [1.165, 1.54) is 32.9 Å². The Hall–Kier alpha value is -1.45. The lowest BCUT2D eigenvalue weighted by atomic mass is 10.2. The van der Waals surface area contributed by atoms with E-state index in [1.807, 2.05) is 0 Å². The molecule has 0 saturated carbocycles. The number of ether oxygens (including phenoxy) is 2. The molecule has 7 nitrogen and oxygen atoms in total. The first-order valence-electron chi connectivity index (χ1n) is 7.43. The number of hydrogen-bond acceptors (Lipinski definition) is 6. The highest BCUT2D eigenvalue weighted by Gasteiger charge is 2.50. The highest BCUT2D eigenvalue weighted by molar-refractivity contribution is 8.16. The summed E-state index contributed by atoms with van der Waals surface area (Å²) in [6.45, 7) is 1.36. The number of sulfone groups is 1. The van der Waals surface area contributed by atoms with Gasteiger partial charge in [-0.2, -0.15) is 4.99 Å². The summed E-state index contributed by atoms with van der Waals surface area (Å²) in [7, 11) is -0.147. The fourth-order valence-electron chi connectivity index (χ4n) is 3.01. The molecule has 0 aliphatic carbocycles. The Morgan fingerprint density at radius 2 is 1.96 bits per heavy atom. The number of halogens is 1. The SMILES string of the molecule is COc1cc(OC)c(N2C(=NC(C)=O)SC3CS(=O)(=O)CC32)cc1Cl. The van der Waals surface area contributed by atoms with Gasteiger partial charge in [0.05, 0.1) is 42.5 Å². The van der Waals surface area contributed by atoms with Crippen LogP contribution in [0.25, 0.3) is 0 Å². The van der Waals surface area contributed by atoms with Crippen LogP contribution in [0.5, 0.6) is 11.5 Å². The van der Waals surface area contributed by atoms with Crippen molar-refractivity contribution < 1.29 is 22.7 Å². The van der Waals surface area contributed by atoms with E-state index in [0.717, 1.165) is 0 Å². The highest BCUT2D eigenvalue weighted by Crippen LogP contribution is 2.46. The van der Waals surface area contributed by atoms with Crippen molar-refractivity contribution in [2.45, 2.75) is 18.2 Å². The minimum absolute atomic E-state index is 0.00556. The van der Waals surface area contributed by atoms with Crippen molar-refractivity contribution >= 4 is 50.0 Å². The van der Waals surface area contributed by atoms with Crippen molar-refractivity contribution in [3.8, 4) is 11.5 Å². The number of hydrogen-bond donors (Lipinski definition) is 0. The molecule has 136 valence electrons. The minimum Gasteiger partial charge on any atom is -0.495 e. The Kier molecular flexibility index (Phi) is 4.91. The number of methoxy groups -OCH3 is 2. The molecule has 2 heterocycles. The van der Waals surface area contributed by atoms with E-state index in [0.29, 0.717) is 27.4 Å². The number of amides is 1. The number of amidine groups is 1. The number of nitrogens with zero attached hydrogens (tertiary/aromatic N) is 2. The molecule has 3 rings (SSSR count). The van der Waals surface area contributed by atoms with Crippen LogP contribution in [-0.4, -0.2) is 56.5 Å². The summed E-state index contributed by atoms with van der Waals surface area (Å²) < 4.78 is 34.7. The van der Waals surface area contributed by atoms with Gasteiger partial charge in [0.1, 0.15) is 11.5 Å². The second-order valence-corrected chi connectivity index (χ2v) is 9.51. The molecule has 0 N–H and O–H groups in total. The fraction of sp³-hybridized carbons (Fsp3) is 0.467. The zero-order chi connectivity index (χ0) is 18.4. The Bertz CT molecular complexity index is 856. The largest absolute Gasteiger partial charge is 0.495 e. The van der Waals surface area contributed by atoms with Gasteiger partial charge in [-0.15, -0.1) is 0 Å². The first-order valence-corrected chi connectivity index (χ1v) is 10.5. The van der Waals surface area contributed by atoms with Crippen molar-refractivity contribution in [2.24, 2.45) is 4.99 Å². The monoisotopic (exact) mass is 404 g/mol. The van der Waals surface area contributed by atoms with Crippen molar-refractivity contribution in [2.75, 3.05) is 30.6 Å². The third-order valence-corrected chi connectivity index (χ3v) is 7.54. The molecule has 0 radical (unpaired) electrons. The van der Waals surface area contributed by atoms with Gasteiger partial charge in [-0.25, -0.2) is 8.42 Å². The Labute approximate surface area is 155 Å². The number of thioether (sulfide) groups is 1. The molecule has 10 heteroatoms. The third kappa shape index (κ3) is 3.45. The fourth-order valence-corrected chi connectivity index (χ4v) is 7.20. The standard InChI is InChI=1S/C15H17ClN2O5S2/c1-8(19)17-15-18(11-6-25(20,21)7-14(11)24-15)10-4-9(16)12(22-2)5-13(10)23-3/h4-5,11,14H,6-7H2,1-3H3. The average molecular weight is 405 g/mol. The average Bonchev–Trinajstić information content (AvgIpc) is 2.97. The first kappa shape index (κ1) is 18.3. The summed E-state index contributed by atoms with van der Waals surface area (Å²) in [6.07, 6.45) is 0. The van der Waals surface area contributed by atoms with Crippen molar-refractivity contribution in [1.82, 2.24) is 0 Å². The highest BCUT2D eigenvalue weighted by atomic mass is 35.5. The summed E-state index contributed by atoms with van der Waals surface area (Å²) >= 11 is 7.55. The van der Waals surface area contributed by atoms with Gasteiger partial charge in [-0.3, -0.25) is 4.79 Å². The number of carbonyl (C=O) groups excluding carboxylic acids is 1. The van der Waals surface area contributed by atoms with E-state index in [4.69, 9.17) is 21.1 Å². The second kappa shape index (κ2) is 6.69. The van der Waals surface area contributed by atoms with Crippen LogP contribution in [-0.2, 0) is 14.6 Å². The lowest BCUT2D eigenvalue weighted by Gasteiger charge is -2.26. The summed E-state index contributed by atoms with van der Waals surface area (Å²) in [5, 5.41) is 0.625. The number of anilines is 1. The molecule has 0 spiro atoms. The van der Waals surface area contributed by atoms with Crippen LogP contribution >= 0.6 is 23.4 Å². The van der Waals surface area contributed by atoms with E-state index in [9.17, 15) is 13.2 Å². The molecule has 1 aromatic carbocycles. The lowest BCUT2D eigenvalue weighted by Crippen LogP contribution is -2.38.